The zero-order valence-electron chi connectivity index (χ0n) is 14.0. The summed E-state index contributed by atoms with van der Waals surface area (Å²) in [5.41, 5.74) is 1.42. The summed E-state index contributed by atoms with van der Waals surface area (Å²) in [5, 5.41) is 4.79. The second-order valence-corrected chi connectivity index (χ2v) is 7.37. The normalized spacial score (nSPS) is 11.9. The molecule has 0 atom stereocenters. The molecule has 0 radical (unpaired) electrons. The van der Waals surface area contributed by atoms with Gasteiger partial charge in [-0.05, 0) is 40.0 Å². The predicted molar refractivity (Wildman–Crippen MR) is 90.9 cm³/mol. The van der Waals surface area contributed by atoms with Gasteiger partial charge in [0, 0.05) is 30.1 Å². The first kappa shape index (κ1) is 17.4. The smallest absolute Gasteiger partial charge is 0.185 e. The molecule has 20 heavy (non-hydrogen) atoms. The van der Waals surface area contributed by atoms with Gasteiger partial charge in [-0.25, -0.2) is 4.98 Å². The number of nitrogens with zero attached hydrogens (tertiary/aromatic N) is 2. The predicted octanol–water partition coefficient (Wildman–Crippen LogP) is 4.22. The van der Waals surface area contributed by atoms with E-state index in [1.165, 1.54) is 28.5 Å². The SMILES string of the molecule is CCCN(CCC)c1nc(CC)c(CNC(C)(C)C)s1. The van der Waals surface area contributed by atoms with Crippen LogP contribution in [-0.4, -0.2) is 23.6 Å². The highest BCUT2D eigenvalue weighted by Gasteiger charge is 2.16. The van der Waals surface area contributed by atoms with Gasteiger partial charge < -0.3 is 10.2 Å². The van der Waals surface area contributed by atoms with E-state index in [1.807, 2.05) is 11.3 Å². The Morgan fingerprint density at radius 3 is 2.15 bits per heavy atom. The van der Waals surface area contributed by atoms with Gasteiger partial charge in [-0.2, -0.15) is 0 Å². The Morgan fingerprint density at radius 1 is 1.10 bits per heavy atom. The first-order valence-electron chi connectivity index (χ1n) is 7.89. The molecule has 0 aromatic carbocycles. The van der Waals surface area contributed by atoms with Crippen molar-refractivity contribution in [1.82, 2.24) is 10.3 Å². The molecule has 0 aliphatic rings. The molecular formula is C16H31N3S. The summed E-state index contributed by atoms with van der Waals surface area (Å²) in [6.45, 7) is 16.4. The third kappa shape index (κ3) is 5.41. The van der Waals surface area contributed by atoms with E-state index < -0.39 is 0 Å². The molecule has 0 amide bonds. The molecule has 0 fully saturated rings. The van der Waals surface area contributed by atoms with Crippen LogP contribution in [-0.2, 0) is 13.0 Å². The van der Waals surface area contributed by atoms with Crippen molar-refractivity contribution in [2.45, 2.75) is 72.9 Å². The van der Waals surface area contributed by atoms with Gasteiger partial charge in [-0.3, -0.25) is 0 Å². The highest BCUT2D eigenvalue weighted by Crippen LogP contribution is 2.27. The van der Waals surface area contributed by atoms with Crippen molar-refractivity contribution in [3.63, 3.8) is 0 Å². The van der Waals surface area contributed by atoms with Gasteiger partial charge >= 0.3 is 0 Å². The summed E-state index contributed by atoms with van der Waals surface area (Å²) in [4.78, 5) is 8.70. The standard InChI is InChI=1S/C16H31N3S/c1-7-10-19(11-8-2)15-18-13(9-3)14(20-15)12-17-16(4,5)6/h17H,7-12H2,1-6H3. The van der Waals surface area contributed by atoms with E-state index in [-0.39, 0.29) is 5.54 Å². The summed E-state index contributed by atoms with van der Waals surface area (Å²) in [6, 6.07) is 0. The van der Waals surface area contributed by atoms with Crippen molar-refractivity contribution in [3.8, 4) is 0 Å². The molecule has 0 saturated carbocycles. The minimum Gasteiger partial charge on any atom is -0.348 e. The van der Waals surface area contributed by atoms with E-state index in [1.54, 1.807) is 0 Å². The molecule has 1 heterocycles. The Bertz CT molecular complexity index is 387. The van der Waals surface area contributed by atoms with Crippen molar-refractivity contribution in [2.75, 3.05) is 18.0 Å². The Balaban J connectivity index is 2.85. The molecule has 0 aliphatic carbocycles. The second-order valence-electron chi connectivity index (χ2n) is 6.31. The van der Waals surface area contributed by atoms with E-state index in [4.69, 9.17) is 4.98 Å². The third-order valence-electron chi connectivity index (χ3n) is 3.14. The topological polar surface area (TPSA) is 28.2 Å². The lowest BCUT2D eigenvalue weighted by Gasteiger charge is -2.20. The highest BCUT2D eigenvalue weighted by atomic mass is 32.1. The second kappa shape index (κ2) is 7.99. The average molecular weight is 298 g/mol. The molecule has 0 aliphatic heterocycles. The number of aryl methyl sites for hydroxylation is 1. The summed E-state index contributed by atoms with van der Waals surface area (Å²) in [5.74, 6) is 0. The van der Waals surface area contributed by atoms with Crippen LogP contribution in [0.4, 0.5) is 5.13 Å². The average Bonchev–Trinajstić information content (AvgIpc) is 2.78. The Hall–Kier alpha value is -0.610. The van der Waals surface area contributed by atoms with Gasteiger partial charge in [-0.1, -0.05) is 20.8 Å². The lowest BCUT2D eigenvalue weighted by Crippen LogP contribution is -2.35. The summed E-state index contributed by atoms with van der Waals surface area (Å²) >= 11 is 1.87. The molecule has 0 saturated heterocycles. The van der Waals surface area contributed by atoms with Crippen LogP contribution in [0.15, 0.2) is 0 Å². The maximum Gasteiger partial charge on any atom is 0.185 e. The molecule has 3 nitrogen and oxygen atoms in total. The van der Waals surface area contributed by atoms with Gasteiger partial charge in [0.1, 0.15) is 0 Å². The van der Waals surface area contributed by atoms with E-state index >= 15 is 0 Å². The lowest BCUT2D eigenvalue weighted by atomic mass is 10.1. The first-order valence-corrected chi connectivity index (χ1v) is 8.71. The minimum atomic E-state index is 0.154. The monoisotopic (exact) mass is 297 g/mol. The van der Waals surface area contributed by atoms with Crippen LogP contribution in [0.25, 0.3) is 0 Å². The van der Waals surface area contributed by atoms with Crippen molar-refractivity contribution in [3.05, 3.63) is 10.6 Å². The quantitative estimate of drug-likeness (QED) is 0.778. The van der Waals surface area contributed by atoms with Gasteiger partial charge in [0.15, 0.2) is 5.13 Å². The van der Waals surface area contributed by atoms with Gasteiger partial charge in [0.25, 0.3) is 0 Å². The molecular weight excluding hydrogens is 266 g/mol. The largest absolute Gasteiger partial charge is 0.348 e. The lowest BCUT2D eigenvalue weighted by molar-refractivity contribution is 0.425. The van der Waals surface area contributed by atoms with E-state index in [0.717, 1.165) is 26.1 Å². The maximum absolute atomic E-state index is 4.87. The van der Waals surface area contributed by atoms with Crippen molar-refractivity contribution < 1.29 is 0 Å². The maximum atomic E-state index is 4.87. The molecule has 116 valence electrons. The van der Waals surface area contributed by atoms with E-state index in [2.05, 4.69) is 51.8 Å². The van der Waals surface area contributed by atoms with Crippen LogP contribution in [0.3, 0.4) is 0 Å². The number of aromatic nitrogens is 1. The van der Waals surface area contributed by atoms with Gasteiger partial charge in [0.05, 0.1) is 5.69 Å². The van der Waals surface area contributed by atoms with Crippen molar-refractivity contribution in [1.29, 1.82) is 0 Å². The molecule has 0 spiro atoms. The molecule has 1 rings (SSSR count). The zero-order chi connectivity index (χ0) is 15.2. The van der Waals surface area contributed by atoms with E-state index in [0.29, 0.717) is 0 Å². The summed E-state index contributed by atoms with van der Waals surface area (Å²) in [7, 11) is 0. The first-order chi connectivity index (χ1) is 9.41. The number of thiazole rings is 1. The van der Waals surface area contributed by atoms with Crippen LogP contribution in [0, 0.1) is 0 Å². The van der Waals surface area contributed by atoms with Gasteiger partial charge in [0.2, 0.25) is 0 Å². The van der Waals surface area contributed by atoms with Crippen LogP contribution < -0.4 is 10.2 Å². The Kier molecular flexibility index (Phi) is 6.96. The molecule has 4 heteroatoms. The fraction of sp³-hybridized carbons (Fsp3) is 0.812. The van der Waals surface area contributed by atoms with Crippen LogP contribution in [0.1, 0.15) is 65.0 Å². The molecule has 1 aromatic rings. The number of anilines is 1. The number of hydrogen-bond acceptors (Lipinski definition) is 4. The van der Waals surface area contributed by atoms with Crippen LogP contribution in [0.5, 0.6) is 0 Å². The fourth-order valence-corrected chi connectivity index (χ4v) is 3.25. The van der Waals surface area contributed by atoms with Crippen molar-refractivity contribution in [2.24, 2.45) is 0 Å². The Morgan fingerprint density at radius 2 is 1.70 bits per heavy atom. The fourth-order valence-electron chi connectivity index (χ4n) is 2.11. The van der Waals surface area contributed by atoms with Crippen molar-refractivity contribution >= 4 is 16.5 Å². The van der Waals surface area contributed by atoms with Gasteiger partial charge in [-0.15, -0.1) is 11.3 Å². The Labute approximate surface area is 128 Å². The summed E-state index contributed by atoms with van der Waals surface area (Å²) < 4.78 is 0. The zero-order valence-corrected chi connectivity index (χ0v) is 14.9. The highest BCUT2D eigenvalue weighted by molar-refractivity contribution is 7.15. The van der Waals surface area contributed by atoms with Crippen LogP contribution >= 0.6 is 11.3 Å². The molecule has 0 bridgehead atoms. The molecule has 1 N–H and O–H groups in total. The number of nitrogens with one attached hydrogen (secondary N) is 1. The third-order valence-corrected chi connectivity index (χ3v) is 4.30. The van der Waals surface area contributed by atoms with E-state index in [9.17, 15) is 0 Å². The molecule has 0 unspecified atom stereocenters. The molecule has 1 aromatic heterocycles. The summed E-state index contributed by atoms with van der Waals surface area (Å²) in [6.07, 6.45) is 3.37. The number of hydrogen-bond donors (Lipinski definition) is 1. The minimum absolute atomic E-state index is 0.154. The number of rotatable bonds is 8. The van der Waals surface area contributed by atoms with Crippen LogP contribution in [0.2, 0.25) is 0 Å².